The van der Waals surface area contributed by atoms with Crippen LogP contribution in [0.5, 0.6) is 5.75 Å². The number of carbonyl (C=O) groups is 1. The Hall–Kier alpha value is -3.47. The van der Waals surface area contributed by atoms with E-state index in [1.165, 1.54) is 19.2 Å². The standard InChI is InChI=1S/C20H27N7O4/c1-14(19(28)22-16-6-5-15(31-4)13-17(16)27(29)30)25-9-11-26(12-10-25)18-7-8-21-20(23-18)24(2)3/h5-8,13-14H,9-12H2,1-4H3,(H,22,28). The minimum atomic E-state index is -0.536. The summed E-state index contributed by atoms with van der Waals surface area (Å²) in [5.74, 6) is 1.56. The van der Waals surface area contributed by atoms with E-state index in [0.717, 1.165) is 5.82 Å². The lowest BCUT2D eigenvalue weighted by molar-refractivity contribution is -0.384. The maximum absolute atomic E-state index is 12.8. The minimum Gasteiger partial charge on any atom is -0.496 e. The molecule has 1 fully saturated rings. The molecule has 1 saturated heterocycles. The van der Waals surface area contributed by atoms with Crippen LogP contribution >= 0.6 is 0 Å². The van der Waals surface area contributed by atoms with Crippen LogP contribution in [0.3, 0.4) is 0 Å². The highest BCUT2D eigenvalue weighted by molar-refractivity contribution is 5.96. The smallest absolute Gasteiger partial charge is 0.296 e. The van der Waals surface area contributed by atoms with Crippen molar-refractivity contribution in [3.63, 3.8) is 0 Å². The second-order valence-corrected chi connectivity index (χ2v) is 7.44. The summed E-state index contributed by atoms with van der Waals surface area (Å²) in [6.07, 6.45) is 1.74. The summed E-state index contributed by atoms with van der Waals surface area (Å²) >= 11 is 0. The highest BCUT2D eigenvalue weighted by Crippen LogP contribution is 2.29. The van der Waals surface area contributed by atoms with E-state index in [0.29, 0.717) is 37.9 Å². The number of anilines is 3. The van der Waals surface area contributed by atoms with Crippen LogP contribution in [0.15, 0.2) is 30.5 Å². The zero-order valence-electron chi connectivity index (χ0n) is 18.1. The molecule has 0 radical (unpaired) electrons. The zero-order valence-corrected chi connectivity index (χ0v) is 18.1. The second-order valence-electron chi connectivity index (χ2n) is 7.44. The SMILES string of the molecule is COc1ccc(NC(=O)C(C)N2CCN(c3ccnc(N(C)C)n3)CC2)c([N+](=O)[O-])c1. The topological polar surface area (TPSA) is 117 Å². The number of nitro benzene ring substituents is 1. The van der Waals surface area contributed by atoms with Crippen molar-refractivity contribution in [2.75, 3.05) is 62.5 Å². The third kappa shape index (κ3) is 5.18. The van der Waals surface area contributed by atoms with Gasteiger partial charge in [0.1, 0.15) is 17.3 Å². The maximum Gasteiger partial charge on any atom is 0.296 e. The number of ether oxygens (including phenoxy) is 1. The molecule has 31 heavy (non-hydrogen) atoms. The van der Waals surface area contributed by atoms with Crippen molar-refractivity contribution in [2.24, 2.45) is 0 Å². The van der Waals surface area contributed by atoms with Crippen molar-refractivity contribution in [1.82, 2.24) is 14.9 Å². The average Bonchev–Trinajstić information content (AvgIpc) is 2.78. The number of aromatic nitrogens is 2. The van der Waals surface area contributed by atoms with Crippen LogP contribution in [-0.2, 0) is 4.79 Å². The summed E-state index contributed by atoms with van der Waals surface area (Å²) < 4.78 is 5.03. The third-order valence-corrected chi connectivity index (χ3v) is 5.25. The van der Waals surface area contributed by atoms with E-state index < -0.39 is 11.0 Å². The maximum atomic E-state index is 12.8. The molecule has 3 rings (SSSR count). The monoisotopic (exact) mass is 429 g/mol. The molecule has 11 nitrogen and oxygen atoms in total. The van der Waals surface area contributed by atoms with Gasteiger partial charge in [0.05, 0.1) is 24.1 Å². The molecule has 11 heteroatoms. The van der Waals surface area contributed by atoms with Crippen LogP contribution in [0.1, 0.15) is 6.92 Å². The molecular formula is C20H27N7O4. The molecule has 1 aliphatic heterocycles. The normalized spacial score (nSPS) is 15.3. The van der Waals surface area contributed by atoms with Crippen molar-refractivity contribution < 1.29 is 14.5 Å². The number of piperazine rings is 1. The number of carbonyl (C=O) groups excluding carboxylic acids is 1. The van der Waals surface area contributed by atoms with Gasteiger partial charge in [-0.2, -0.15) is 4.98 Å². The molecule has 1 unspecified atom stereocenters. The Morgan fingerprint density at radius 3 is 2.58 bits per heavy atom. The van der Waals surface area contributed by atoms with Gasteiger partial charge in [-0.05, 0) is 25.1 Å². The molecule has 1 N–H and O–H groups in total. The average molecular weight is 429 g/mol. The minimum absolute atomic E-state index is 0.151. The first-order chi connectivity index (χ1) is 14.8. The Kier molecular flexibility index (Phi) is 6.85. The molecule has 1 atom stereocenters. The van der Waals surface area contributed by atoms with Gasteiger partial charge >= 0.3 is 0 Å². The lowest BCUT2D eigenvalue weighted by Gasteiger charge is -2.38. The summed E-state index contributed by atoms with van der Waals surface area (Å²) in [6, 6.07) is 5.79. The molecule has 166 valence electrons. The zero-order chi connectivity index (χ0) is 22.5. The van der Waals surface area contributed by atoms with Crippen LogP contribution in [0, 0.1) is 10.1 Å². The van der Waals surface area contributed by atoms with Gasteiger partial charge in [-0.25, -0.2) is 4.98 Å². The molecule has 0 aliphatic carbocycles. The largest absolute Gasteiger partial charge is 0.496 e. The van der Waals surface area contributed by atoms with Crippen molar-refractivity contribution in [3.8, 4) is 5.75 Å². The van der Waals surface area contributed by atoms with Crippen molar-refractivity contribution in [1.29, 1.82) is 0 Å². The highest BCUT2D eigenvalue weighted by atomic mass is 16.6. The molecule has 0 saturated carbocycles. The van der Waals surface area contributed by atoms with Crippen LogP contribution < -0.4 is 19.9 Å². The number of hydrogen-bond donors (Lipinski definition) is 1. The molecule has 0 spiro atoms. The van der Waals surface area contributed by atoms with Gasteiger partial charge in [-0.1, -0.05) is 0 Å². The van der Waals surface area contributed by atoms with Gasteiger partial charge < -0.3 is 19.9 Å². The number of nitrogens with zero attached hydrogens (tertiary/aromatic N) is 6. The molecule has 1 amide bonds. The molecule has 2 aromatic rings. The number of benzene rings is 1. The number of rotatable bonds is 7. The molecule has 2 heterocycles. The lowest BCUT2D eigenvalue weighted by Crippen LogP contribution is -2.53. The number of nitrogens with one attached hydrogen (secondary N) is 1. The number of amides is 1. The van der Waals surface area contributed by atoms with Gasteiger partial charge in [0.15, 0.2) is 0 Å². The van der Waals surface area contributed by atoms with Crippen LogP contribution in [-0.4, -0.2) is 79.1 Å². The third-order valence-electron chi connectivity index (χ3n) is 5.25. The van der Waals surface area contributed by atoms with Crippen LogP contribution in [0.25, 0.3) is 0 Å². The van der Waals surface area contributed by atoms with E-state index in [4.69, 9.17) is 4.74 Å². The second kappa shape index (κ2) is 9.56. The molecule has 1 aliphatic rings. The summed E-state index contributed by atoms with van der Waals surface area (Å²) in [5, 5.41) is 14.0. The van der Waals surface area contributed by atoms with Gasteiger partial charge in [-0.3, -0.25) is 19.8 Å². The Labute approximate surface area is 180 Å². The van der Waals surface area contributed by atoms with Gasteiger partial charge in [-0.15, -0.1) is 0 Å². The number of nitro groups is 1. The predicted octanol–water partition coefficient (Wildman–Crippen LogP) is 1.61. The van der Waals surface area contributed by atoms with E-state index in [9.17, 15) is 14.9 Å². The van der Waals surface area contributed by atoms with E-state index >= 15 is 0 Å². The van der Waals surface area contributed by atoms with E-state index in [-0.39, 0.29) is 17.3 Å². The molecule has 0 bridgehead atoms. The molecule has 1 aromatic carbocycles. The Balaban J connectivity index is 1.62. The number of hydrogen-bond acceptors (Lipinski definition) is 9. The van der Waals surface area contributed by atoms with Gasteiger partial charge in [0, 0.05) is 46.5 Å². The van der Waals surface area contributed by atoms with Crippen molar-refractivity contribution in [2.45, 2.75) is 13.0 Å². The predicted molar refractivity (Wildman–Crippen MR) is 118 cm³/mol. The Bertz CT molecular complexity index is 945. The molecule has 1 aromatic heterocycles. The summed E-state index contributed by atoms with van der Waals surface area (Å²) in [6.45, 7) is 4.56. The quantitative estimate of drug-likeness (QED) is 0.517. The van der Waals surface area contributed by atoms with E-state index in [1.807, 2.05) is 25.1 Å². The highest BCUT2D eigenvalue weighted by Gasteiger charge is 2.28. The lowest BCUT2D eigenvalue weighted by atomic mass is 10.2. The first-order valence-corrected chi connectivity index (χ1v) is 9.93. The van der Waals surface area contributed by atoms with E-state index in [1.54, 1.807) is 19.2 Å². The van der Waals surface area contributed by atoms with Crippen molar-refractivity contribution in [3.05, 3.63) is 40.6 Å². The first kappa shape index (κ1) is 22.2. The van der Waals surface area contributed by atoms with Crippen LogP contribution in [0.4, 0.5) is 23.1 Å². The van der Waals surface area contributed by atoms with Gasteiger partial charge in [0.2, 0.25) is 11.9 Å². The van der Waals surface area contributed by atoms with E-state index in [2.05, 4.69) is 25.1 Å². The van der Waals surface area contributed by atoms with Crippen molar-refractivity contribution >= 4 is 29.0 Å². The Morgan fingerprint density at radius 2 is 1.97 bits per heavy atom. The Morgan fingerprint density at radius 1 is 1.26 bits per heavy atom. The fourth-order valence-corrected chi connectivity index (χ4v) is 3.37. The summed E-state index contributed by atoms with van der Waals surface area (Å²) in [7, 11) is 5.22. The fraction of sp³-hybridized carbons (Fsp3) is 0.450. The molecular weight excluding hydrogens is 402 g/mol. The van der Waals surface area contributed by atoms with Gasteiger partial charge in [0.25, 0.3) is 5.69 Å². The fourth-order valence-electron chi connectivity index (χ4n) is 3.37. The summed E-state index contributed by atoms with van der Waals surface area (Å²) in [4.78, 5) is 38.4. The summed E-state index contributed by atoms with van der Waals surface area (Å²) in [5.41, 5.74) is -0.0522. The number of methoxy groups -OCH3 is 1. The van der Waals surface area contributed by atoms with Crippen LogP contribution in [0.2, 0.25) is 0 Å². The first-order valence-electron chi connectivity index (χ1n) is 9.93.